The Balaban J connectivity index is 1.82. The normalized spacial score (nSPS) is 10.3. The van der Waals surface area contributed by atoms with E-state index in [4.69, 9.17) is 11.6 Å². The van der Waals surface area contributed by atoms with Crippen molar-refractivity contribution in [2.75, 3.05) is 5.32 Å². The van der Waals surface area contributed by atoms with Crippen molar-refractivity contribution in [1.29, 1.82) is 0 Å². The van der Waals surface area contributed by atoms with Crippen LogP contribution in [0.1, 0.15) is 5.56 Å². The maximum atomic E-state index is 6.11. The summed E-state index contributed by atoms with van der Waals surface area (Å²) in [6.45, 7) is 0.695. The van der Waals surface area contributed by atoms with E-state index in [1.807, 2.05) is 54.6 Å². The topological polar surface area (TPSA) is 37.8 Å². The second-order valence-electron chi connectivity index (χ2n) is 4.64. The minimum absolute atomic E-state index is 0.380. The minimum Gasteiger partial charge on any atom is -0.378 e. The Morgan fingerprint density at radius 1 is 0.857 bits per heavy atom. The average Bonchev–Trinajstić information content (AvgIpc) is 2.56. The molecule has 0 bridgehead atoms. The first-order chi connectivity index (χ1) is 10.3. The second-order valence-corrected chi connectivity index (χ2v) is 5.00. The maximum Gasteiger partial charge on any atom is 0.174 e. The van der Waals surface area contributed by atoms with Crippen molar-refractivity contribution >= 4 is 17.3 Å². The van der Waals surface area contributed by atoms with Gasteiger partial charge in [0, 0.05) is 12.1 Å². The summed E-state index contributed by atoms with van der Waals surface area (Å²) in [6, 6.07) is 22.0. The third-order valence-corrected chi connectivity index (χ3v) is 3.42. The summed E-state index contributed by atoms with van der Waals surface area (Å²) in [7, 11) is 0. The fraction of sp³-hybridized carbons (Fsp3) is 0.0588. The van der Waals surface area contributed by atoms with Gasteiger partial charge in [-0.3, -0.25) is 0 Å². The largest absolute Gasteiger partial charge is 0.378 e. The first kappa shape index (κ1) is 13.6. The summed E-state index contributed by atoms with van der Waals surface area (Å²) >= 11 is 6.11. The van der Waals surface area contributed by atoms with Crippen molar-refractivity contribution in [3.8, 4) is 11.3 Å². The minimum atomic E-state index is 0.380. The molecule has 0 saturated carbocycles. The zero-order chi connectivity index (χ0) is 14.5. The Morgan fingerprint density at radius 2 is 1.52 bits per heavy atom. The first-order valence-corrected chi connectivity index (χ1v) is 7.07. The van der Waals surface area contributed by atoms with E-state index in [1.165, 1.54) is 5.56 Å². The molecular weight excluding hydrogens is 282 g/mol. The lowest BCUT2D eigenvalue weighted by Crippen LogP contribution is -2.02. The van der Waals surface area contributed by atoms with Gasteiger partial charge in [-0.25, -0.2) is 0 Å². The number of aromatic nitrogens is 2. The number of nitrogens with zero attached hydrogens (tertiary/aromatic N) is 2. The molecule has 0 aliphatic heterocycles. The number of hydrogen-bond acceptors (Lipinski definition) is 3. The van der Waals surface area contributed by atoms with Crippen LogP contribution in [0.25, 0.3) is 11.3 Å². The predicted octanol–water partition coefficient (Wildman–Crippen LogP) is 4.41. The molecule has 0 atom stereocenters. The Kier molecular flexibility index (Phi) is 4.12. The van der Waals surface area contributed by atoms with E-state index in [2.05, 4.69) is 27.6 Å². The molecule has 4 heteroatoms. The molecule has 0 aliphatic carbocycles. The van der Waals surface area contributed by atoms with Crippen LogP contribution in [-0.2, 0) is 6.54 Å². The van der Waals surface area contributed by atoms with Crippen LogP contribution in [-0.4, -0.2) is 10.2 Å². The molecule has 0 unspecified atom stereocenters. The van der Waals surface area contributed by atoms with E-state index >= 15 is 0 Å². The standard InChI is InChI=1S/C17H14ClN3/c18-17-16(19-12-13-7-3-1-4-8-13)11-15(20-21-17)14-9-5-2-6-10-14/h1-11H,12H2,(H,19,20). The van der Waals surface area contributed by atoms with Gasteiger partial charge in [0.15, 0.2) is 5.15 Å². The van der Waals surface area contributed by atoms with Gasteiger partial charge < -0.3 is 5.32 Å². The number of benzene rings is 2. The molecule has 0 amide bonds. The summed E-state index contributed by atoms with van der Waals surface area (Å²) < 4.78 is 0. The second kappa shape index (κ2) is 6.37. The van der Waals surface area contributed by atoms with Gasteiger partial charge in [-0.05, 0) is 11.6 Å². The van der Waals surface area contributed by atoms with Crippen LogP contribution in [0.5, 0.6) is 0 Å². The molecule has 0 radical (unpaired) electrons. The van der Waals surface area contributed by atoms with E-state index in [0.29, 0.717) is 11.7 Å². The lowest BCUT2D eigenvalue weighted by atomic mass is 10.1. The molecular formula is C17H14ClN3. The Morgan fingerprint density at radius 3 is 2.24 bits per heavy atom. The van der Waals surface area contributed by atoms with E-state index in [1.54, 1.807) is 0 Å². The molecule has 0 spiro atoms. The number of nitrogens with one attached hydrogen (secondary N) is 1. The first-order valence-electron chi connectivity index (χ1n) is 6.69. The Hall–Kier alpha value is -2.39. The van der Waals surface area contributed by atoms with Crippen molar-refractivity contribution < 1.29 is 0 Å². The van der Waals surface area contributed by atoms with Gasteiger partial charge in [0.05, 0.1) is 11.4 Å². The SMILES string of the molecule is Clc1nnc(-c2ccccc2)cc1NCc1ccccc1. The van der Waals surface area contributed by atoms with Crippen molar-refractivity contribution in [1.82, 2.24) is 10.2 Å². The third kappa shape index (κ3) is 3.38. The molecule has 21 heavy (non-hydrogen) atoms. The molecule has 3 nitrogen and oxygen atoms in total. The van der Waals surface area contributed by atoms with Gasteiger partial charge in [-0.15, -0.1) is 10.2 Å². The lowest BCUT2D eigenvalue weighted by molar-refractivity contribution is 1.03. The highest BCUT2D eigenvalue weighted by molar-refractivity contribution is 6.31. The van der Waals surface area contributed by atoms with Crippen molar-refractivity contribution in [3.63, 3.8) is 0 Å². The monoisotopic (exact) mass is 295 g/mol. The lowest BCUT2D eigenvalue weighted by Gasteiger charge is -2.09. The molecule has 0 fully saturated rings. The zero-order valence-corrected chi connectivity index (χ0v) is 12.1. The molecule has 104 valence electrons. The number of halogens is 1. The van der Waals surface area contributed by atoms with Crippen molar-refractivity contribution in [2.24, 2.45) is 0 Å². The van der Waals surface area contributed by atoms with Crippen LogP contribution in [0, 0.1) is 0 Å². The van der Waals surface area contributed by atoms with Gasteiger partial charge in [0.2, 0.25) is 0 Å². The van der Waals surface area contributed by atoms with Crippen molar-refractivity contribution in [3.05, 3.63) is 77.4 Å². The average molecular weight is 296 g/mol. The molecule has 0 aliphatic rings. The number of anilines is 1. The quantitative estimate of drug-likeness (QED) is 0.775. The fourth-order valence-electron chi connectivity index (χ4n) is 2.04. The van der Waals surface area contributed by atoms with E-state index < -0.39 is 0 Å². The van der Waals surface area contributed by atoms with E-state index in [0.717, 1.165) is 16.9 Å². The highest BCUT2D eigenvalue weighted by atomic mass is 35.5. The summed E-state index contributed by atoms with van der Waals surface area (Å²) in [6.07, 6.45) is 0. The van der Waals surface area contributed by atoms with Crippen LogP contribution in [0.4, 0.5) is 5.69 Å². The fourth-order valence-corrected chi connectivity index (χ4v) is 2.20. The Bertz CT molecular complexity index is 715. The van der Waals surface area contributed by atoms with E-state index in [9.17, 15) is 0 Å². The molecule has 3 rings (SSSR count). The van der Waals surface area contributed by atoms with Crippen molar-refractivity contribution in [2.45, 2.75) is 6.54 Å². The molecule has 0 saturated heterocycles. The van der Waals surface area contributed by atoms with Crippen LogP contribution < -0.4 is 5.32 Å². The molecule has 1 N–H and O–H groups in total. The van der Waals surface area contributed by atoms with Gasteiger partial charge in [-0.1, -0.05) is 72.3 Å². The predicted molar refractivity (Wildman–Crippen MR) is 86.2 cm³/mol. The van der Waals surface area contributed by atoms with Gasteiger partial charge in [0.25, 0.3) is 0 Å². The zero-order valence-electron chi connectivity index (χ0n) is 11.3. The summed E-state index contributed by atoms with van der Waals surface area (Å²) in [4.78, 5) is 0. The molecule has 1 heterocycles. The van der Waals surface area contributed by atoms with Crippen LogP contribution in [0.2, 0.25) is 5.15 Å². The summed E-state index contributed by atoms with van der Waals surface area (Å²) in [5.41, 5.74) is 3.79. The van der Waals surface area contributed by atoms with Crippen LogP contribution in [0.3, 0.4) is 0 Å². The summed E-state index contributed by atoms with van der Waals surface area (Å²) in [5, 5.41) is 11.8. The van der Waals surface area contributed by atoms with Gasteiger partial charge >= 0.3 is 0 Å². The maximum absolute atomic E-state index is 6.11. The Labute approximate surface area is 128 Å². The highest BCUT2D eigenvalue weighted by Crippen LogP contribution is 2.24. The van der Waals surface area contributed by atoms with Gasteiger partial charge in [-0.2, -0.15) is 0 Å². The van der Waals surface area contributed by atoms with Gasteiger partial charge in [0.1, 0.15) is 0 Å². The number of rotatable bonds is 4. The molecule has 1 aromatic heterocycles. The highest BCUT2D eigenvalue weighted by Gasteiger charge is 2.06. The third-order valence-electron chi connectivity index (χ3n) is 3.14. The summed E-state index contributed by atoms with van der Waals surface area (Å²) in [5.74, 6) is 0. The smallest absolute Gasteiger partial charge is 0.174 e. The molecule has 3 aromatic rings. The molecule has 2 aromatic carbocycles. The van der Waals surface area contributed by atoms with E-state index in [-0.39, 0.29) is 0 Å². The van der Waals surface area contributed by atoms with Crippen LogP contribution >= 0.6 is 11.6 Å². The van der Waals surface area contributed by atoms with Crippen LogP contribution in [0.15, 0.2) is 66.7 Å². The number of hydrogen-bond donors (Lipinski definition) is 1.